The number of rotatable bonds is 53. The van der Waals surface area contributed by atoms with E-state index in [0.29, 0.717) is 19.3 Å². The van der Waals surface area contributed by atoms with Crippen LogP contribution in [0.3, 0.4) is 0 Å². The zero-order chi connectivity index (χ0) is 50.7. The Morgan fingerprint density at radius 2 is 0.557 bits per heavy atom. The summed E-state index contributed by atoms with van der Waals surface area (Å²) in [6.07, 6.45) is 75.8. The standard InChI is InChI=1S/C64H110O6/c1-4-7-10-13-16-19-21-23-25-27-29-30-31-32-33-34-35-37-38-40-42-45-48-51-54-57-63(66)69-60-61(59-68-62(65)56-53-50-47-44-18-15-12-9-6-3)70-64(67)58-55-52-49-46-43-41-39-36-28-26-24-22-20-17-14-11-8-5-2/h7,10,16,19,23,25-26,28-30,32-33,35,37,61H,4-6,8-9,11-15,17-18,20-22,24,27,31,34,36,38-60H2,1-3H3/b10-7-,19-16-,25-23-,28-26-,30-29-,33-32-,37-35-. The topological polar surface area (TPSA) is 78.9 Å². The van der Waals surface area contributed by atoms with Crippen LogP contribution >= 0.6 is 0 Å². The van der Waals surface area contributed by atoms with Gasteiger partial charge in [-0.1, -0.05) is 254 Å². The average Bonchev–Trinajstić information content (AvgIpc) is 3.36. The van der Waals surface area contributed by atoms with Crippen LogP contribution in [-0.4, -0.2) is 37.2 Å². The maximum absolute atomic E-state index is 12.8. The molecule has 0 amide bonds. The van der Waals surface area contributed by atoms with Gasteiger partial charge in [-0.15, -0.1) is 0 Å². The van der Waals surface area contributed by atoms with Gasteiger partial charge in [0.2, 0.25) is 0 Å². The molecule has 0 aromatic heterocycles. The molecule has 0 aromatic rings. The summed E-state index contributed by atoms with van der Waals surface area (Å²) in [5.41, 5.74) is 0. The summed E-state index contributed by atoms with van der Waals surface area (Å²) >= 11 is 0. The molecule has 0 rings (SSSR count). The Kier molecular flexibility index (Phi) is 55.3. The number of carbonyl (C=O) groups excluding carboxylic acids is 3. The third kappa shape index (κ3) is 55.5. The van der Waals surface area contributed by atoms with Gasteiger partial charge in [0, 0.05) is 19.3 Å². The van der Waals surface area contributed by atoms with E-state index >= 15 is 0 Å². The van der Waals surface area contributed by atoms with Crippen molar-refractivity contribution in [2.75, 3.05) is 13.2 Å². The first-order valence-corrected chi connectivity index (χ1v) is 29.6. The van der Waals surface area contributed by atoms with E-state index in [0.717, 1.165) is 109 Å². The molecular formula is C64H110O6. The largest absolute Gasteiger partial charge is 0.462 e. The minimum atomic E-state index is -0.783. The monoisotopic (exact) mass is 975 g/mol. The predicted molar refractivity (Wildman–Crippen MR) is 302 cm³/mol. The van der Waals surface area contributed by atoms with E-state index in [4.69, 9.17) is 14.2 Å². The van der Waals surface area contributed by atoms with E-state index in [1.165, 1.54) is 135 Å². The highest BCUT2D eigenvalue weighted by molar-refractivity contribution is 5.71. The molecule has 0 aliphatic heterocycles. The second-order valence-electron chi connectivity index (χ2n) is 19.5. The molecule has 0 saturated heterocycles. The predicted octanol–water partition coefficient (Wildman–Crippen LogP) is 19.9. The van der Waals surface area contributed by atoms with Crippen molar-refractivity contribution in [3.8, 4) is 0 Å². The lowest BCUT2D eigenvalue weighted by atomic mass is 10.1. The summed E-state index contributed by atoms with van der Waals surface area (Å²) in [6.45, 7) is 6.50. The lowest BCUT2D eigenvalue weighted by Gasteiger charge is -2.18. The summed E-state index contributed by atoms with van der Waals surface area (Å²) < 4.78 is 16.8. The van der Waals surface area contributed by atoms with Crippen molar-refractivity contribution >= 4 is 17.9 Å². The number of allylic oxidation sites excluding steroid dienone is 14. The summed E-state index contributed by atoms with van der Waals surface area (Å²) in [5, 5.41) is 0. The first-order chi connectivity index (χ1) is 34.5. The maximum atomic E-state index is 12.8. The molecule has 6 heteroatoms. The Bertz CT molecular complexity index is 1350. The Morgan fingerprint density at radius 1 is 0.300 bits per heavy atom. The van der Waals surface area contributed by atoms with Crippen LogP contribution in [0.4, 0.5) is 0 Å². The normalized spacial score (nSPS) is 12.7. The SMILES string of the molecule is CC/C=C\C/C=C\C/C=C\C/C=C\C/C=C\C/C=C\CCCCCCCCC(=O)OCC(COC(=O)CCCCCCCCCCC)OC(=O)CCCCCCCCC/C=C\CCCCCCCCC. The van der Waals surface area contributed by atoms with Crippen molar-refractivity contribution in [1.29, 1.82) is 0 Å². The number of ether oxygens (including phenoxy) is 3. The van der Waals surface area contributed by atoms with Gasteiger partial charge in [-0.05, 0) is 96.3 Å². The van der Waals surface area contributed by atoms with Crippen LogP contribution in [0.15, 0.2) is 85.1 Å². The summed E-state index contributed by atoms with van der Waals surface area (Å²) in [4.78, 5) is 38.1. The van der Waals surface area contributed by atoms with Crippen LogP contribution < -0.4 is 0 Å². The molecule has 0 aliphatic rings. The molecule has 0 radical (unpaired) electrons. The fraction of sp³-hybridized carbons (Fsp3) is 0.734. The molecule has 0 spiro atoms. The number of unbranched alkanes of at least 4 members (excludes halogenated alkanes) is 28. The summed E-state index contributed by atoms with van der Waals surface area (Å²) in [7, 11) is 0. The lowest BCUT2D eigenvalue weighted by molar-refractivity contribution is -0.167. The molecule has 0 bridgehead atoms. The molecular weight excluding hydrogens is 865 g/mol. The number of carbonyl (C=O) groups is 3. The maximum Gasteiger partial charge on any atom is 0.306 e. The molecule has 1 atom stereocenters. The molecule has 0 fully saturated rings. The van der Waals surface area contributed by atoms with E-state index < -0.39 is 6.10 Å². The van der Waals surface area contributed by atoms with E-state index in [2.05, 4.69) is 106 Å². The fourth-order valence-electron chi connectivity index (χ4n) is 8.21. The van der Waals surface area contributed by atoms with E-state index in [1.54, 1.807) is 0 Å². The highest BCUT2D eigenvalue weighted by atomic mass is 16.6. The third-order valence-corrected chi connectivity index (χ3v) is 12.6. The molecule has 402 valence electrons. The lowest BCUT2D eigenvalue weighted by Crippen LogP contribution is -2.30. The smallest absolute Gasteiger partial charge is 0.306 e. The molecule has 0 aliphatic carbocycles. The van der Waals surface area contributed by atoms with Crippen LogP contribution in [0.2, 0.25) is 0 Å². The molecule has 0 N–H and O–H groups in total. The van der Waals surface area contributed by atoms with Gasteiger partial charge in [-0.3, -0.25) is 14.4 Å². The number of hydrogen-bond acceptors (Lipinski definition) is 6. The van der Waals surface area contributed by atoms with Crippen LogP contribution in [0.5, 0.6) is 0 Å². The van der Waals surface area contributed by atoms with Gasteiger partial charge < -0.3 is 14.2 Å². The van der Waals surface area contributed by atoms with Crippen molar-refractivity contribution in [2.45, 2.75) is 290 Å². The van der Waals surface area contributed by atoms with E-state index in [1.807, 2.05) is 0 Å². The molecule has 1 unspecified atom stereocenters. The Hall–Kier alpha value is -3.41. The Morgan fingerprint density at radius 3 is 0.886 bits per heavy atom. The van der Waals surface area contributed by atoms with Crippen LogP contribution in [0.25, 0.3) is 0 Å². The zero-order valence-electron chi connectivity index (χ0n) is 46.0. The quantitative estimate of drug-likeness (QED) is 0.0261. The molecule has 0 heterocycles. The minimum absolute atomic E-state index is 0.0812. The second kappa shape index (κ2) is 58.2. The molecule has 70 heavy (non-hydrogen) atoms. The van der Waals surface area contributed by atoms with Gasteiger partial charge >= 0.3 is 17.9 Å². The number of hydrogen-bond donors (Lipinski definition) is 0. The van der Waals surface area contributed by atoms with Crippen LogP contribution in [-0.2, 0) is 28.6 Å². The third-order valence-electron chi connectivity index (χ3n) is 12.6. The van der Waals surface area contributed by atoms with Gasteiger partial charge in [0.05, 0.1) is 0 Å². The summed E-state index contributed by atoms with van der Waals surface area (Å²) in [5.74, 6) is -0.897. The second-order valence-corrected chi connectivity index (χ2v) is 19.5. The number of esters is 3. The van der Waals surface area contributed by atoms with Crippen molar-refractivity contribution in [3.05, 3.63) is 85.1 Å². The fourth-order valence-corrected chi connectivity index (χ4v) is 8.21. The van der Waals surface area contributed by atoms with Gasteiger partial charge in [0.1, 0.15) is 13.2 Å². The molecule has 6 nitrogen and oxygen atoms in total. The van der Waals surface area contributed by atoms with Gasteiger partial charge in [-0.25, -0.2) is 0 Å². The van der Waals surface area contributed by atoms with Gasteiger partial charge in [0.25, 0.3) is 0 Å². The highest BCUT2D eigenvalue weighted by Gasteiger charge is 2.19. The van der Waals surface area contributed by atoms with Gasteiger partial charge in [0.15, 0.2) is 6.10 Å². The first kappa shape index (κ1) is 66.6. The van der Waals surface area contributed by atoms with Crippen molar-refractivity contribution in [1.82, 2.24) is 0 Å². The van der Waals surface area contributed by atoms with E-state index in [-0.39, 0.29) is 31.1 Å². The average molecular weight is 976 g/mol. The van der Waals surface area contributed by atoms with Gasteiger partial charge in [-0.2, -0.15) is 0 Å². The molecule has 0 saturated carbocycles. The highest BCUT2D eigenvalue weighted by Crippen LogP contribution is 2.15. The zero-order valence-corrected chi connectivity index (χ0v) is 46.0. The minimum Gasteiger partial charge on any atom is -0.462 e. The van der Waals surface area contributed by atoms with Crippen LogP contribution in [0.1, 0.15) is 284 Å². The Labute approximate surface area is 433 Å². The van der Waals surface area contributed by atoms with E-state index in [9.17, 15) is 14.4 Å². The summed E-state index contributed by atoms with van der Waals surface area (Å²) in [6, 6.07) is 0. The molecule has 0 aromatic carbocycles. The Balaban J connectivity index is 4.29. The van der Waals surface area contributed by atoms with Crippen molar-refractivity contribution in [3.63, 3.8) is 0 Å². The van der Waals surface area contributed by atoms with Crippen molar-refractivity contribution in [2.24, 2.45) is 0 Å². The van der Waals surface area contributed by atoms with Crippen molar-refractivity contribution < 1.29 is 28.6 Å². The van der Waals surface area contributed by atoms with Crippen LogP contribution in [0, 0.1) is 0 Å². The first-order valence-electron chi connectivity index (χ1n) is 29.6.